The van der Waals surface area contributed by atoms with Crippen LogP contribution in [0, 0.1) is 0 Å². The minimum atomic E-state index is 0.302. The molecule has 0 atom stereocenters. The molecule has 0 spiro atoms. The van der Waals surface area contributed by atoms with E-state index in [2.05, 4.69) is 40.7 Å². The number of hydrogen-bond donors (Lipinski definition) is 1. The third-order valence-electron chi connectivity index (χ3n) is 4.51. The Balaban J connectivity index is 2.03. The molecule has 1 saturated heterocycles. The zero-order valence-corrected chi connectivity index (χ0v) is 15.0. The lowest BCUT2D eigenvalue weighted by Crippen LogP contribution is -2.33. The van der Waals surface area contributed by atoms with Crippen LogP contribution >= 0.6 is 11.6 Å². The van der Waals surface area contributed by atoms with Crippen molar-refractivity contribution in [3.05, 3.63) is 16.9 Å². The molecule has 1 aliphatic heterocycles. The Kier molecular flexibility index (Phi) is 5.07. The molecular formula is C17H26ClN5. The van der Waals surface area contributed by atoms with Gasteiger partial charge in [-0.1, -0.05) is 31.9 Å². The van der Waals surface area contributed by atoms with Crippen molar-refractivity contribution in [1.29, 1.82) is 0 Å². The van der Waals surface area contributed by atoms with Crippen molar-refractivity contribution in [2.75, 3.05) is 31.1 Å². The Hall–Kier alpha value is -1.33. The summed E-state index contributed by atoms with van der Waals surface area (Å²) in [6.45, 7) is 8.42. The Morgan fingerprint density at radius 1 is 1.13 bits per heavy atom. The second-order valence-corrected chi connectivity index (χ2v) is 7.01. The molecule has 0 radical (unpaired) electrons. The van der Waals surface area contributed by atoms with Gasteiger partial charge in [-0.05, 0) is 25.3 Å². The molecule has 1 N–H and O–H groups in total. The van der Waals surface area contributed by atoms with Crippen LogP contribution in [0.4, 0.5) is 5.95 Å². The van der Waals surface area contributed by atoms with Crippen molar-refractivity contribution >= 4 is 28.6 Å². The topological polar surface area (TPSA) is 46.0 Å². The van der Waals surface area contributed by atoms with E-state index >= 15 is 0 Å². The van der Waals surface area contributed by atoms with E-state index in [4.69, 9.17) is 16.6 Å². The van der Waals surface area contributed by atoms with Crippen LogP contribution < -0.4 is 10.2 Å². The van der Waals surface area contributed by atoms with Crippen LogP contribution in [-0.2, 0) is 7.05 Å². The molecule has 0 aliphatic carbocycles. The maximum atomic E-state index is 6.23. The van der Waals surface area contributed by atoms with Crippen molar-refractivity contribution in [3.63, 3.8) is 0 Å². The maximum absolute atomic E-state index is 6.23. The summed E-state index contributed by atoms with van der Waals surface area (Å²) in [4.78, 5) is 11.8. The average Bonchev–Trinajstić information content (AvgIpc) is 2.90. The summed E-state index contributed by atoms with van der Waals surface area (Å²) in [5.74, 6) is 1.32. The molecule has 2 aromatic rings. The summed E-state index contributed by atoms with van der Waals surface area (Å²) in [6.07, 6.45) is 3.73. The third kappa shape index (κ3) is 3.45. The van der Waals surface area contributed by atoms with E-state index in [0.717, 1.165) is 48.9 Å². The highest BCUT2D eigenvalue weighted by atomic mass is 35.5. The fourth-order valence-electron chi connectivity index (χ4n) is 3.23. The predicted octanol–water partition coefficient (Wildman–Crippen LogP) is 3.33. The molecule has 6 heteroatoms. The van der Waals surface area contributed by atoms with Crippen LogP contribution in [0.25, 0.3) is 11.0 Å². The first-order valence-corrected chi connectivity index (χ1v) is 8.94. The molecule has 1 fully saturated rings. The SMILES string of the molecule is CC(C)c1nc(Cl)cc2c1nc(N1CCCCCNCC1)n2C. The largest absolute Gasteiger partial charge is 0.341 e. The van der Waals surface area contributed by atoms with Crippen LogP contribution in [0.1, 0.15) is 44.7 Å². The quantitative estimate of drug-likeness (QED) is 0.855. The minimum Gasteiger partial charge on any atom is -0.341 e. The second kappa shape index (κ2) is 7.05. The van der Waals surface area contributed by atoms with Crippen LogP contribution in [-0.4, -0.2) is 40.7 Å². The van der Waals surface area contributed by atoms with Crippen molar-refractivity contribution in [2.24, 2.45) is 7.05 Å². The van der Waals surface area contributed by atoms with Gasteiger partial charge in [0.1, 0.15) is 10.7 Å². The Morgan fingerprint density at radius 3 is 2.74 bits per heavy atom. The van der Waals surface area contributed by atoms with E-state index in [9.17, 15) is 0 Å². The van der Waals surface area contributed by atoms with Gasteiger partial charge in [0, 0.05) is 32.7 Å². The number of imidazole rings is 1. The lowest BCUT2D eigenvalue weighted by molar-refractivity contribution is 0.644. The smallest absolute Gasteiger partial charge is 0.206 e. The molecule has 23 heavy (non-hydrogen) atoms. The summed E-state index contributed by atoms with van der Waals surface area (Å²) in [7, 11) is 2.07. The summed E-state index contributed by atoms with van der Waals surface area (Å²) in [6, 6.07) is 1.92. The van der Waals surface area contributed by atoms with Crippen LogP contribution in [0.2, 0.25) is 5.15 Å². The first kappa shape index (κ1) is 16.5. The molecule has 3 rings (SSSR count). The standard InChI is InChI=1S/C17H26ClN5/c1-12(2)15-16-13(11-14(18)20-15)22(3)17(21-16)23-9-6-4-5-7-19-8-10-23/h11-12,19H,4-10H2,1-3H3. The van der Waals surface area contributed by atoms with Crippen LogP contribution in [0.15, 0.2) is 6.07 Å². The van der Waals surface area contributed by atoms with Gasteiger partial charge in [0.25, 0.3) is 0 Å². The summed E-state index contributed by atoms with van der Waals surface area (Å²) in [5, 5.41) is 4.05. The maximum Gasteiger partial charge on any atom is 0.206 e. The second-order valence-electron chi connectivity index (χ2n) is 6.62. The number of nitrogens with zero attached hydrogens (tertiary/aromatic N) is 4. The molecule has 0 aromatic carbocycles. The van der Waals surface area contributed by atoms with Gasteiger partial charge in [0.2, 0.25) is 5.95 Å². The van der Waals surface area contributed by atoms with Gasteiger partial charge in [-0.3, -0.25) is 0 Å². The number of aromatic nitrogens is 3. The first-order valence-electron chi connectivity index (χ1n) is 8.56. The molecular weight excluding hydrogens is 310 g/mol. The van der Waals surface area contributed by atoms with Crippen molar-refractivity contribution in [2.45, 2.75) is 39.0 Å². The zero-order chi connectivity index (χ0) is 16.4. The third-order valence-corrected chi connectivity index (χ3v) is 4.70. The highest BCUT2D eigenvalue weighted by molar-refractivity contribution is 6.30. The van der Waals surface area contributed by atoms with Crippen molar-refractivity contribution in [1.82, 2.24) is 19.9 Å². The van der Waals surface area contributed by atoms with Gasteiger partial charge < -0.3 is 14.8 Å². The molecule has 0 unspecified atom stereocenters. The molecule has 126 valence electrons. The number of aryl methyl sites for hydroxylation is 1. The monoisotopic (exact) mass is 335 g/mol. The first-order chi connectivity index (χ1) is 11.1. The lowest BCUT2D eigenvalue weighted by Gasteiger charge is -2.22. The Labute approximate surface area is 143 Å². The van der Waals surface area contributed by atoms with Crippen LogP contribution in [0.5, 0.6) is 0 Å². The molecule has 3 heterocycles. The van der Waals surface area contributed by atoms with Gasteiger partial charge in [0.15, 0.2) is 0 Å². The van der Waals surface area contributed by atoms with E-state index in [-0.39, 0.29) is 0 Å². The zero-order valence-electron chi connectivity index (χ0n) is 14.3. The van der Waals surface area contributed by atoms with Gasteiger partial charge in [-0.15, -0.1) is 0 Å². The molecule has 0 bridgehead atoms. The number of nitrogens with one attached hydrogen (secondary N) is 1. The van der Waals surface area contributed by atoms with Gasteiger partial charge in [-0.25, -0.2) is 9.97 Å². The molecule has 5 nitrogen and oxygen atoms in total. The highest BCUT2D eigenvalue weighted by Gasteiger charge is 2.20. The number of anilines is 1. The van der Waals surface area contributed by atoms with E-state index in [1.807, 2.05) is 6.07 Å². The lowest BCUT2D eigenvalue weighted by atomic mass is 10.1. The molecule has 2 aromatic heterocycles. The molecule has 1 aliphatic rings. The average molecular weight is 336 g/mol. The van der Waals surface area contributed by atoms with Crippen molar-refractivity contribution in [3.8, 4) is 0 Å². The number of hydrogen-bond acceptors (Lipinski definition) is 4. The highest BCUT2D eigenvalue weighted by Crippen LogP contribution is 2.29. The van der Waals surface area contributed by atoms with Gasteiger partial charge in [-0.2, -0.15) is 0 Å². The van der Waals surface area contributed by atoms with E-state index < -0.39 is 0 Å². The normalized spacial score (nSPS) is 17.3. The van der Waals surface area contributed by atoms with E-state index in [0.29, 0.717) is 11.1 Å². The fraction of sp³-hybridized carbons (Fsp3) is 0.647. The summed E-state index contributed by atoms with van der Waals surface area (Å²) in [5.41, 5.74) is 3.03. The minimum absolute atomic E-state index is 0.302. The number of fused-ring (bicyclic) bond motifs is 1. The molecule has 0 saturated carbocycles. The van der Waals surface area contributed by atoms with Crippen LogP contribution in [0.3, 0.4) is 0 Å². The Morgan fingerprint density at radius 2 is 1.96 bits per heavy atom. The molecule has 0 amide bonds. The summed E-state index contributed by atoms with van der Waals surface area (Å²) < 4.78 is 2.16. The number of rotatable bonds is 2. The Bertz CT molecular complexity index is 669. The van der Waals surface area contributed by atoms with Gasteiger partial charge >= 0.3 is 0 Å². The fourth-order valence-corrected chi connectivity index (χ4v) is 3.43. The number of halogens is 1. The van der Waals surface area contributed by atoms with Crippen molar-refractivity contribution < 1.29 is 0 Å². The van der Waals surface area contributed by atoms with Gasteiger partial charge in [0.05, 0.1) is 11.2 Å². The summed E-state index contributed by atoms with van der Waals surface area (Å²) >= 11 is 6.23. The predicted molar refractivity (Wildman–Crippen MR) is 96.5 cm³/mol. The number of pyridine rings is 1. The van der Waals surface area contributed by atoms with E-state index in [1.54, 1.807) is 0 Å². The van der Waals surface area contributed by atoms with E-state index in [1.165, 1.54) is 19.3 Å².